The molecule has 3 rings (SSSR count). The number of alkyl halides is 1. The fraction of sp³-hybridized carbons (Fsp3) is 0.462. The molecule has 1 saturated heterocycles. The van der Waals surface area contributed by atoms with E-state index in [9.17, 15) is 4.39 Å². The summed E-state index contributed by atoms with van der Waals surface area (Å²) in [6.07, 6.45) is 1.01. The van der Waals surface area contributed by atoms with Gasteiger partial charge in [-0.15, -0.1) is 11.6 Å². The van der Waals surface area contributed by atoms with E-state index in [2.05, 4.69) is 4.98 Å². The molecule has 0 radical (unpaired) electrons. The van der Waals surface area contributed by atoms with Gasteiger partial charge in [-0.1, -0.05) is 0 Å². The highest BCUT2D eigenvalue weighted by Crippen LogP contribution is 2.31. The first kappa shape index (κ1) is 11.9. The average Bonchev–Trinajstić information content (AvgIpc) is 2.91. The van der Waals surface area contributed by atoms with Gasteiger partial charge in [0, 0.05) is 6.61 Å². The maximum Gasteiger partial charge on any atom is 0.125 e. The molecule has 0 saturated carbocycles. The zero-order chi connectivity index (χ0) is 12.7. The van der Waals surface area contributed by atoms with E-state index < -0.39 is 0 Å². The predicted octanol–water partition coefficient (Wildman–Crippen LogP) is 3.26. The molecule has 18 heavy (non-hydrogen) atoms. The lowest BCUT2D eigenvalue weighted by Gasteiger charge is -2.19. The second kappa shape index (κ2) is 4.52. The molecule has 5 heteroatoms. The Morgan fingerprint density at radius 3 is 3.06 bits per heavy atom. The molecule has 1 aliphatic heterocycles. The Hall–Kier alpha value is -1.13. The van der Waals surface area contributed by atoms with Crippen LogP contribution in [0.3, 0.4) is 0 Å². The Morgan fingerprint density at radius 2 is 2.39 bits per heavy atom. The van der Waals surface area contributed by atoms with Crippen molar-refractivity contribution >= 4 is 22.6 Å². The van der Waals surface area contributed by atoms with Gasteiger partial charge in [-0.2, -0.15) is 0 Å². The number of hydrogen-bond donors (Lipinski definition) is 0. The van der Waals surface area contributed by atoms with E-state index in [1.807, 2.05) is 11.5 Å². The van der Waals surface area contributed by atoms with Gasteiger partial charge in [0.1, 0.15) is 11.6 Å². The minimum Gasteiger partial charge on any atom is -0.376 e. The van der Waals surface area contributed by atoms with Gasteiger partial charge in [0.25, 0.3) is 0 Å². The highest BCUT2D eigenvalue weighted by molar-refractivity contribution is 6.16. The zero-order valence-electron chi connectivity index (χ0n) is 10.1. The van der Waals surface area contributed by atoms with Crippen molar-refractivity contribution in [2.45, 2.75) is 31.4 Å². The molecule has 2 unspecified atom stereocenters. The molecule has 1 aliphatic rings. The molecule has 1 aromatic heterocycles. The van der Waals surface area contributed by atoms with Crippen LogP contribution in [0.25, 0.3) is 11.0 Å². The van der Waals surface area contributed by atoms with Crippen LogP contribution in [-0.2, 0) is 10.6 Å². The monoisotopic (exact) mass is 268 g/mol. The maximum absolute atomic E-state index is 13.4. The van der Waals surface area contributed by atoms with Crippen molar-refractivity contribution in [3.63, 3.8) is 0 Å². The molecular formula is C13H14ClFN2O. The molecule has 3 nitrogen and oxygen atoms in total. The quantitative estimate of drug-likeness (QED) is 0.782. The second-order valence-corrected chi connectivity index (χ2v) is 4.86. The third-order valence-electron chi connectivity index (χ3n) is 3.51. The first-order valence-corrected chi connectivity index (χ1v) is 6.58. The SMILES string of the molecule is CC1OCCC1n1c(CCl)nc2ccc(F)cc21. The first-order valence-electron chi connectivity index (χ1n) is 6.04. The topological polar surface area (TPSA) is 27.1 Å². The Labute approximate surface area is 110 Å². The summed E-state index contributed by atoms with van der Waals surface area (Å²) < 4.78 is 21.0. The van der Waals surface area contributed by atoms with E-state index in [4.69, 9.17) is 16.3 Å². The smallest absolute Gasteiger partial charge is 0.125 e. The minimum atomic E-state index is -0.253. The van der Waals surface area contributed by atoms with Crippen LogP contribution in [0, 0.1) is 5.82 Å². The van der Waals surface area contributed by atoms with Crippen LogP contribution >= 0.6 is 11.6 Å². The van der Waals surface area contributed by atoms with Crippen molar-refractivity contribution in [3.05, 3.63) is 29.8 Å². The molecule has 0 spiro atoms. The predicted molar refractivity (Wildman–Crippen MR) is 68.3 cm³/mol. The van der Waals surface area contributed by atoms with Crippen LogP contribution in [0.1, 0.15) is 25.2 Å². The number of rotatable bonds is 2. The zero-order valence-corrected chi connectivity index (χ0v) is 10.8. The van der Waals surface area contributed by atoms with E-state index in [0.29, 0.717) is 5.88 Å². The molecule has 0 aliphatic carbocycles. The number of imidazole rings is 1. The van der Waals surface area contributed by atoms with Crippen LogP contribution in [0.4, 0.5) is 4.39 Å². The lowest BCUT2D eigenvalue weighted by molar-refractivity contribution is 0.108. The number of ether oxygens (including phenoxy) is 1. The summed E-state index contributed by atoms with van der Waals surface area (Å²) in [7, 11) is 0. The van der Waals surface area contributed by atoms with Gasteiger partial charge in [0.05, 0.1) is 29.1 Å². The molecule has 0 N–H and O–H groups in total. The second-order valence-electron chi connectivity index (χ2n) is 4.60. The average molecular weight is 269 g/mol. The van der Waals surface area contributed by atoms with E-state index in [1.165, 1.54) is 12.1 Å². The number of nitrogens with zero attached hydrogens (tertiary/aromatic N) is 2. The van der Waals surface area contributed by atoms with E-state index in [-0.39, 0.29) is 18.0 Å². The molecule has 0 amide bonds. The Morgan fingerprint density at radius 1 is 1.56 bits per heavy atom. The van der Waals surface area contributed by atoms with E-state index in [0.717, 1.165) is 29.9 Å². The minimum absolute atomic E-state index is 0.104. The molecule has 96 valence electrons. The summed E-state index contributed by atoms with van der Waals surface area (Å²) in [6.45, 7) is 2.75. The van der Waals surface area contributed by atoms with Crippen molar-refractivity contribution < 1.29 is 9.13 Å². The van der Waals surface area contributed by atoms with Gasteiger partial charge in [-0.3, -0.25) is 0 Å². The first-order chi connectivity index (χ1) is 8.70. The summed E-state index contributed by atoms with van der Waals surface area (Å²) >= 11 is 5.95. The van der Waals surface area contributed by atoms with Crippen LogP contribution < -0.4 is 0 Å². The molecule has 2 heterocycles. The van der Waals surface area contributed by atoms with E-state index >= 15 is 0 Å². The summed E-state index contributed by atoms with van der Waals surface area (Å²) in [5.74, 6) is 0.843. The van der Waals surface area contributed by atoms with Crippen LogP contribution in [0.2, 0.25) is 0 Å². The fourth-order valence-corrected chi connectivity index (χ4v) is 2.83. The summed E-state index contributed by atoms with van der Waals surface area (Å²) in [5, 5.41) is 0. The molecular weight excluding hydrogens is 255 g/mol. The molecule has 2 atom stereocenters. The Balaban J connectivity index is 2.21. The van der Waals surface area contributed by atoms with E-state index in [1.54, 1.807) is 6.07 Å². The number of fused-ring (bicyclic) bond motifs is 1. The van der Waals surface area contributed by atoms with Gasteiger partial charge < -0.3 is 9.30 Å². The Kier molecular flexibility index (Phi) is 2.99. The Bertz CT molecular complexity index is 584. The van der Waals surface area contributed by atoms with Crippen molar-refractivity contribution in [2.24, 2.45) is 0 Å². The lowest BCUT2D eigenvalue weighted by atomic mass is 10.1. The molecule has 0 bridgehead atoms. The maximum atomic E-state index is 13.4. The van der Waals surface area contributed by atoms with Crippen LogP contribution in [0.15, 0.2) is 18.2 Å². The van der Waals surface area contributed by atoms with Crippen molar-refractivity contribution in [1.82, 2.24) is 9.55 Å². The fourth-order valence-electron chi connectivity index (χ4n) is 2.64. The van der Waals surface area contributed by atoms with Crippen molar-refractivity contribution in [3.8, 4) is 0 Å². The number of aromatic nitrogens is 2. The van der Waals surface area contributed by atoms with Crippen molar-refractivity contribution in [1.29, 1.82) is 0 Å². The summed E-state index contributed by atoms with van der Waals surface area (Å²) in [6, 6.07) is 4.82. The van der Waals surface area contributed by atoms with Gasteiger partial charge in [0.2, 0.25) is 0 Å². The summed E-state index contributed by atoms with van der Waals surface area (Å²) in [4.78, 5) is 4.46. The third kappa shape index (κ3) is 1.80. The highest BCUT2D eigenvalue weighted by Gasteiger charge is 2.29. The molecule has 1 aromatic carbocycles. The highest BCUT2D eigenvalue weighted by atomic mass is 35.5. The van der Waals surface area contributed by atoms with Gasteiger partial charge in [-0.05, 0) is 31.5 Å². The lowest BCUT2D eigenvalue weighted by Crippen LogP contribution is -2.18. The largest absolute Gasteiger partial charge is 0.376 e. The molecule has 2 aromatic rings. The number of halogens is 2. The van der Waals surface area contributed by atoms with Gasteiger partial charge in [0.15, 0.2) is 0 Å². The third-order valence-corrected chi connectivity index (χ3v) is 3.75. The van der Waals surface area contributed by atoms with Gasteiger partial charge in [-0.25, -0.2) is 9.37 Å². The van der Waals surface area contributed by atoms with Gasteiger partial charge >= 0.3 is 0 Å². The number of benzene rings is 1. The molecule has 1 fully saturated rings. The normalized spacial score (nSPS) is 23.9. The number of hydrogen-bond acceptors (Lipinski definition) is 2. The van der Waals surface area contributed by atoms with Crippen LogP contribution in [-0.4, -0.2) is 22.3 Å². The van der Waals surface area contributed by atoms with Crippen LogP contribution in [0.5, 0.6) is 0 Å². The van der Waals surface area contributed by atoms with Crippen molar-refractivity contribution in [2.75, 3.05) is 6.61 Å². The summed E-state index contributed by atoms with van der Waals surface area (Å²) in [5.41, 5.74) is 1.58. The standard InChI is InChI=1S/C13H14ClFN2O/c1-8-11(4-5-18-8)17-12-6-9(15)2-3-10(12)16-13(17)7-14/h2-3,6,8,11H,4-5,7H2,1H3.